The van der Waals surface area contributed by atoms with E-state index < -0.39 is 12.0 Å². The van der Waals surface area contributed by atoms with Crippen LogP contribution in [0, 0.1) is 5.92 Å². The van der Waals surface area contributed by atoms with E-state index in [-0.39, 0.29) is 43.4 Å². The highest BCUT2D eigenvalue weighted by atomic mass is 16.5. The molecule has 3 atom stereocenters. The molecular weight excluding hydrogens is 348 g/mol. The van der Waals surface area contributed by atoms with Gasteiger partial charge in [-0.3, -0.25) is 14.4 Å². The number of nitrogens with one attached hydrogen (secondary N) is 2. The predicted octanol–water partition coefficient (Wildman–Crippen LogP) is 1.86. The Balaban J connectivity index is 4.31. The molecule has 0 aromatic rings. The van der Waals surface area contributed by atoms with Gasteiger partial charge in [0.15, 0.2) is 0 Å². The van der Waals surface area contributed by atoms with Crippen molar-refractivity contribution in [2.45, 2.75) is 64.5 Å². The molecule has 27 heavy (non-hydrogen) atoms. The molecule has 3 unspecified atom stereocenters. The first-order chi connectivity index (χ1) is 12.8. The number of rotatable bonds is 15. The lowest BCUT2D eigenvalue weighted by Crippen LogP contribution is -2.41. The van der Waals surface area contributed by atoms with Crippen molar-refractivity contribution >= 4 is 17.8 Å². The fraction of sp³-hybridized carbons (Fsp3) is 0.650. The van der Waals surface area contributed by atoms with Crippen molar-refractivity contribution in [2.24, 2.45) is 5.92 Å². The summed E-state index contributed by atoms with van der Waals surface area (Å²) in [5, 5.41) is 14.3. The third-order valence-electron chi connectivity index (χ3n) is 3.87. The second kappa shape index (κ2) is 15.0. The van der Waals surface area contributed by atoms with Crippen molar-refractivity contribution in [3.63, 3.8) is 0 Å². The summed E-state index contributed by atoms with van der Waals surface area (Å²) < 4.78 is 5.26. The largest absolute Gasteiger partial charge is 0.461 e. The van der Waals surface area contributed by atoms with Crippen molar-refractivity contribution in [3.8, 4) is 0 Å². The number of hydrogen-bond donors (Lipinski definition) is 3. The molecule has 3 N–H and O–H groups in total. The first-order valence-corrected chi connectivity index (χ1v) is 9.43. The van der Waals surface area contributed by atoms with Crippen molar-refractivity contribution in [3.05, 3.63) is 25.3 Å². The molecule has 0 aliphatic carbocycles. The number of carbonyl (C=O) groups is 3. The normalized spacial score (nSPS) is 13.7. The maximum Gasteiger partial charge on any atom is 0.306 e. The van der Waals surface area contributed by atoms with E-state index in [0.717, 1.165) is 19.3 Å². The number of hydrogen-bond acceptors (Lipinski definition) is 5. The van der Waals surface area contributed by atoms with Crippen LogP contribution in [0.5, 0.6) is 0 Å². The second-order valence-electron chi connectivity index (χ2n) is 6.66. The number of aliphatic hydroxyl groups excluding tert-OH is 1. The topological polar surface area (TPSA) is 105 Å². The molecule has 0 saturated carbocycles. The monoisotopic (exact) mass is 382 g/mol. The molecule has 0 rings (SSSR count). The van der Waals surface area contributed by atoms with Crippen LogP contribution in [0.1, 0.15) is 52.4 Å². The molecular formula is C20H34N2O5. The predicted molar refractivity (Wildman–Crippen MR) is 105 cm³/mol. The van der Waals surface area contributed by atoms with Crippen LogP contribution in [0.3, 0.4) is 0 Å². The highest BCUT2D eigenvalue weighted by molar-refractivity contribution is 5.86. The number of esters is 1. The molecule has 7 nitrogen and oxygen atoms in total. The molecule has 0 aromatic heterocycles. The third-order valence-corrected chi connectivity index (χ3v) is 3.87. The van der Waals surface area contributed by atoms with Gasteiger partial charge in [-0.15, -0.1) is 13.2 Å². The average Bonchev–Trinajstić information content (AvgIpc) is 2.62. The summed E-state index contributed by atoms with van der Waals surface area (Å²) in [7, 11) is 0. The minimum absolute atomic E-state index is 0.000332. The van der Waals surface area contributed by atoms with E-state index in [1.165, 1.54) is 0 Å². The zero-order chi connectivity index (χ0) is 20.7. The Morgan fingerprint density at radius 1 is 1.15 bits per heavy atom. The number of carbonyl (C=O) groups excluding carboxylic acids is 3. The van der Waals surface area contributed by atoms with Gasteiger partial charge in [0.25, 0.3) is 0 Å². The molecule has 0 spiro atoms. The van der Waals surface area contributed by atoms with Crippen LogP contribution in [-0.2, 0) is 19.1 Å². The van der Waals surface area contributed by atoms with E-state index in [4.69, 9.17) is 9.84 Å². The number of allylic oxidation sites excluding steroid dienone is 2. The lowest BCUT2D eigenvalue weighted by atomic mass is 9.99. The van der Waals surface area contributed by atoms with Gasteiger partial charge < -0.3 is 20.5 Å². The zero-order valence-electron chi connectivity index (χ0n) is 16.5. The first kappa shape index (κ1) is 24.8. The zero-order valence-corrected chi connectivity index (χ0v) is 16.5. The Hall–Kier alpha value is -2.15. The maximum atomic E-state index is 12.3. The van der Waals surface area contributed by atoms with E-state index in [1.807, 2.05) is 6.08 Å². The van der Waals surface area contributed by atoms with Crippen molar-refractivity contribution in [1.82, 2.24) is 10.6 Å². The summed E-state index contributed by atoms with van der Waals surface area (Å²) in [6.07, 6.45) is 6.14. The van der Waals surface area contributed by atoms with Gasteiger partial charge in [0, 0.05) is 18.9 Å². The van der Waals surface area contributed by atoms with Gasteiger partial charge in [-0.05, 0) is 39.5 Å². The number of aliphatic hydroxyl groups is 1. The molecule has 0 aromatic carbocycles. The Morgan fingerprint density at radius 2 is 1.85 bits per heavy atom. The van der Waals surface area contributed by atoms with Crippen LogP contribution < -0.4 is 10.6 Å². The van der Waals surface area contributed by atoms with Crippen LogP contribution in [0.25, 0.3) is 0 Å². The summed E-state index contributed by atoms with van der Waals surface area (Å²) in [6.45, 7) is 10.6. The highest BCUT2D eigenvalue weighted by Gasteiger charge is 2.22. The summed E-state index contributed by atoms with van der Waals surface area (Å²) in [5.74, 6) is -1.45. The van der Waals surface area contributed by atoms with E-state index >= 15 is 0 Å². The molecule has 0 aliphatic rings. The van der Waals surface area contributed by atoms with Crippen LogP contribution in [-0.4, -0.2) is 48.2 Å². The Kier molecular flexibility index (Phi) is 13.8. The van der Waals surface area contributed by atoms with Crippen LogP contribution in [0.15, 0.2) is 25.3 Å². The molecule has 0 heterocycles. The lowest BCUT2D eigenvalue weighted by Gasteiger charge is -2.19. The fourth-order valence-electron chi connectivity index (χ4n) is 2.36. The standard InChI is InChI=1S/C20H34N2O5/c1-5-7-8-9-11-19(25)27-16(4)13-21-20(26)17(10-6-2)12-18(24)22-15(3)14-23/h5-6,15-17,23H,1-2,7-14H2,3-4H3,(H,21,26)(H,22,24). The van der Waals surface area contributed by atoms with E-state index in [2.05, 4.69) is 23.8 Å². The summed E-state index contributed by atoms with van der Waals surface area (Å²) in [4.78, 5) is 36.0. The smallest absolute Gasteiger partial charge is 0.306 e. The highest BCUT2D eigenvalue weighted by Crippen LogP contribution is 2.10. The SMILES string of the molecule is C=CCCCCC(=O)OC(C)CNC(=O)C(CC=C)CC(=O)NC(C)CO. The summed E-state index contributed by atoms with van der Waals surface area (Å²) in [5.41, 5.74) is 0. The molecule has 0 fully saturated rings. The molecule has 0 bridgehead atoms. The van der Waals surface area contributed by atoms with Gasteiger partial charge in [0.2, 0.25) is 11.8 Å². The van der Waals surface area contributed by atoms with Gasteiger partial charge in [0.1, 0.15) is 6.10 Å². The number of unbranched alkanes of at least 4 members (excludes halogenated alkanes) is 2. The van der Waals surface area contributed by atoms with Crippen molar-refractivity contribution < 1.29 is 24.2 Å². The van der Waals surface area contributed by atoms with Gasteiger partial charge in [-0.1, -0.05) is 12.2 Å². The maximum absolute atomic E-state index is 12.3. The molecule has 7 heteroatoms. The van der Waals surface area contributed by atoms with Gasteiger partial charge in [0.05, 0.1) is 19.1 Å². The minimum Gasteiger partial charge on any atom is -0.461 e. The fourth-order valence-corrected chi connectivity index (χ4v) is 2.36. The molecule has 2 amide bonds. The quantitative estimate of drug-likeness (QED) is 0.228. The lowest BCUT2D eigenvalue weighted by molar-refractivity contribution is -0.148. The second-order valence-corrected chi connectivity index (χ2v) is 6.66. The van der Waals surface area contributed by atoms with E-state index in [1.54, 1.807) is 19.9 Å². The Bertz CT molecular complexity index is 493. The Morgan fingerprint density at radius 3 is 2.44 bits per heavy atom. The van der Waals surface area contributed by atoms with Crippen LogP contribution >= 0.6 is 0 Å². The minimum atomic E-state index is -0.560. The third kappa shape index (κ3) is 12.8. The van der Waals surface area contributed by atoms with E-state index in [0.29, 0.717) is 12.8 Å². The first-order valence-electron chi connectivity index (χ1n) is 9.43. The van der Waals surface area contributed by atoms with Gasteiger partial charge in [-0.25, -0.2) is 0 Å². The molecule has 0 aliphatic heterocycles. The van der Waals surface area contributed by atoms with Crippen molar-refractivity contribution in [1.29, 1.82) is 0 Å². The van der Waals surface area contributed by atoms with Crippen LogP contribution in [0.4, 0.5) is 0 Å². The van der Waals surface area contributed by atoms with Gasteiger partial charge in [-0.2, -0.15) is 0 Å². The van der Waals surface area contributed by atoms with E-state index in [9.17, 15) is 14.4 Å². The molecule has 0 saturated heterocycles. The summed E-state index contributed by atoms with van der Waals surface area (Å²) in [6, 6.07) is -0.365. The summed E-state index contributed by atoms with van der Waals surface area (Å²) >= 11 is 0. The Labute approximate surface area is 162 Å². The van der Waals surface area contributed by atoms with Crippen LogP contribution in [0.2, 0.25) is 0 Å². The van der Waals surface area contributed by atoms with Gasteiger partial charge >= 0.3 is 5.97 Å². The average molecular weight is 383 g/mol. The number of amides is 2. The molecule has 154 valence electrons. The van der Waals surface area contributed by atoms with Crippen molar-refractivity contribution in [2.75, 3.05) is 13.2 Å². The number of ether oxygens (including phenoxy) is 1. The molecule has 0 radical (unpaired) electrons.